The number of nitrogens with one attached hydrogen (secondary N) is 1. The summed E-state index contributed by atoms with van der Waals surface area (Å²) in [6.07, 6.45) is 3.74. The molecule has 0 aliphatic heterocycles. The Kier molecular flexibility index (Phi) is 8.35. The van der Waals surface area contributed by atoms with E-state index in [2.05, 4.69) is 19.2 Å². The second-order valence-electron chi connectivity index (χ2n) is 5.48. The van der Waals surface area contributed by atoms with Crippen LogP contribution in [0.3, 0.4) is 0 Å². The van der Waals surface area contributed by atoms with Crippen molar-refractivity contribution in [3.63, 3.8) is 0 Å². The Hall–Kier alpha value is -1.10. The van der Waals surface area contributed by atoms with Crippen molar-refractivity contribution < 1.29 is 14.9 Å². The molecule has 21 heavy (non-hydrogen) atoms. The van der Waals surface area contributed by atoms with E-state index in [-0.39, 0.29) is 18.8 Å². The maximum absolute atomic E-state index is 9.66. The monoisotopic (exact) mass is 295 g/mol. The normalized spacial score (nSPS) is 13.9. The Balaban J connectivity index is 2.39. The van der Waals surface area contributed by atoms with Gasteiger partial charge in [-0.05, 0) is 49.9 Å². The van der Waals surface area contributed by atoms with E-state index < -0.39 is 0 Å². The van der Waals surface area contributed by atoms with E-state index in [1.807, 2.05) is 24.3 Å². The number of ether oxygens (including phenoxy) is 1. The highest BCUT2D eigenvalue weighted by atomic mass is 16.5. The molecule has 4 nitrogen and oxygen atoms in total. The molecule has 0 aliphatic carbocycles. The third kappa shape index (κ3) is 6.04. The van der Waals surface area contributed by atoms with Crippen LogP contribution in [0.2, 0.25) is 0 Å². The van der Waals surface area contributed by atoms with Gasteiger partial charge < -0.3 is 20.3 Å². The van der Waals surface area contributed by atoms with Gasteiger partial charge >= 0.3 is 0 Å². The summed E-state index contributed by atoms with van der Waals surface area (Å²) in [4.78, 5) is 0. The molecule has 0 amide bonds. The Bertz CT molecular complexity index is 391. The maximum atomic E-state index is 9.66. The lowest BCUT2D eigenvalue weighted by molar-refractivity contribution is 0.138. The van der Waals surface area contributed by atoms with Gasteiger partial charge in [-0.3, -0.25) is 0 Å². The van der Waals surface area contributed by atoms with Gasteiger partial charge in [0, 0.05) is 5.54 Å². The highest BCUT2D eigenvalue weighted by Gasteiger charge is 2.25. The third-order valence-corrected chi connectivity index (χ3v) is 3.88. The molecule has 0 aliphatic rings. The third-order valence-electron chi connectivity index (χ3n) is 3.88. The van der Waals surface area contributed by atoms with Crippen LogP contribution in [-0.4, -0.2) is 35.5 Å². The van der Waals surface area contributed by atoms with Gasteiger partial charge in [-0.15, -0.1) is 0 Å². The molecule has 0 radical (unpaired) electrons. The molecule has 0 aromatic heterocycles. The number of aliphatic hydroxyl groups is 2. The summed E-state index contributed by atoms with van der Waals surface area (Å²) in [7, 11) is 0. The Labute approximate surface area is 128 Å². The molecule has 0 saturated carbocycles. The Morgan fingerprint density at radius 3 is 2.67 bits per heavy atom. The van der Waals surface area contributed by atoms with Crippen molar-refractivity contribution in [2.75, 3.05) is 19.8 Å². The highest BCUT2D eigenvalue weighted by Crippen LogP contribution is 2.18. The quantitative estimate of drug-likeness (QED) is 0.549. The second kappa shape index (κ2) is 9.77. The minimum atomic E-state index is -0.188. The second-order valence-corrected chi connectivity index (χ2v) is 5.48. The molecule has 4 heteroatoms. The minimum Gasteiger partial charge on any atom is -0.494 e. The summed E-state index contributed by atoms with van der Waals surface area (Å²) in [6.45, 7) is 5.95. The fourth-order valence-corrected chi connectivity index (χ4v) is 2.36. The molecule has 0 bridgehead atoms. The molecule has 3 N–H and O–H groups in total. The van der Waals surface area contributed by atoms with E-state index in [1.165, 1.54) is 0 Å². The zero-order valence-electron chi connectivity index (χ0n) is 13.3. The van der Waals surface area contributed by atoms with Crippen molar-refractivity contribution >= 4 is 0 Å². The highest BCUT2D eigenvalue weighted by molar-refractivity contribution is 5.27. The Morgan fingerprint density at radius 1 is 1.24 bits per heavy atom. The van der Waals surface area contributed by atoms with Crippen molar-refractivity contribution in [1.29, 1.82) is 0 Å². The first kappa shape index (κ1) is 18.0. The summed E-state index contributed by atoms with van der Waals surface area (Å²) in [6, 6.07) is 7.51. The molecule has 120 valence electrons. The number of benzene rings is 1. The topological polar surface area (TPSA) is 61.7 Å². The molecule has 0 saturated heterocycles. The average Bonchev–Trinajstić information content (AvgIpc) is 2.55. The predicted molar refractivity (Wildman–Crippen MR) is 85.5 cm³/mol. The predicted octanol–water partition coefficient (Wildman–Crippen LogP) is 2.48. The number of hydrogen-bond acceptors (Lipinski definition) is 4. The minimum absolute atomic E-state index is 0.0294. The molecule has 1 atom stereocenters. The summed E-state index contributed by atoms with van der Waals surface area (Å²) in [5, 5.41) is 22.2. The van der Waals surface area contributed by atoms with Crippen LogP contribution >= 0.6 is 0 Å². The van der Waals surface area contributed by atoms with Gasteiger partial charge in [0.15, 0.2) is 0 Å². The smallest absolute Gasteiger partial charge is 0.119 e. The first-order valence-corrected chi connectivity index (χ1v) is 7.88. The summed E-state index contributed by atoms with van der Waals surface area (Å²) < 4.78 is 5.72. The lowest BCUT2D eigenvalue weighted by Gasteiger charge is -2.32. The summed E-state index contributed by atoms with van der Waals surface area (Å²) >= 11 is 0. The maximum Gasteiger partial charge on any atom is 0.119 e. The fourth-order valence-electron chi connectivity index (χ4n) is 2.36. The van der Waals surface area contributed by atoms with E-state index in [9.17, 15) is 5.11 Å². The van der Waals surface area contributed by atoms with Crippen LogP contribution in [0, 0.1) is 0 Å². The van der Waals surface area contributed by atoms with Gasteiger partial charge in [-0.25, -0.2) is 0 Å². The SMILES string of the molecule is CCCNC(CC)(CO)CCCOc1cccc(CO)c1. The lowest BCUT2D eigenvalue weighted by atomic mass is 9.91. The van der Waals surface area contributed by atoms with E-state index >= 15 is 0 Å². The first-order chi connectivity index (χ1) is 10.2. The van der Waals surface area contributed by atoms with E-state index in [0.29, 0.717) is 6.61 Å². The van der Waals surface area contributed by atoms with Crippen molar-refractivity contribution in [2.24, 2.45) is 0 Å². The number of rotatable bonds is 11. The molecular formula is C17H29NO3. The molecule has 0 fully saturated rings. The van der Waals surface area contributed by atoms with Crippen LogP contribution in [0.5, 0.6) is 5.75 Å². The van der Waals surface area contributed by atoms with Crippen molar-refractivity contribution in [3.05, 3.63) is 29.8 Å². The van der Waals surface area contributed by atoms with Crippen LogP contribution in [0.15, 0.2) is 24.3 Å². The van der Waals surface area contributed by atoms with E-state index in [1.54, 1.807) is 0 Å². The molecule has 0 heterocycles. The largest absolute Gasteiger partial charge is 0.494 e. The van der Waals surface area contributed by atoms with Crippen LogP contribution in [0.4, 0.5) is 0 Å². The van der Waals surface area contributed by atoms with Crippen molar-refractivity contribution in [2.45, 2.75) is 51.7 Å². The zero-order chi connectivity index (χ0) is 15.6. The standard InChI is InChI=1S/C17H29NO3/c1-3-10-18-17(4-2,14-20)9-6-11-21-16-8-5-7-15(12-16)13-19/h5,7-8,12,18-20H,3-4,6,9-11,13-14H2,1-2H3. The molecule has 1 aromatic carbocycles. The van der Waals surface area contributed by atoms with Gasteiger partial charge in [-0.1, -0.05) is 26.0 Å². The first-order valence-electron chi connectivity index (χ1n) is 7.88. The molecular weight excluding hydrogens is 266 g/mol. The number of hydrogen-bond donors (Lipinski definition) is 3. The van der Waals surface area contributed by atoms with E-state index in [4.69, 9.17) is 9.84 Å². The lowest BCUT2D eigenvalue weighted by Crippen LogP contribution is -2.48. The van der Waals surface area contributed by atoms with E-state index in [0.717, 1.165) is 43.5 Å². The molecule has 1 aromatic rings. The average molecular weight is 295 g/mol. The summed E-state index contributed by atoms with van der Waals surface area (Å²) in [5.41, 5.74) is 0.669. The van der Waals surface area contributed by atoms with Gasteiger partial charge in [0.05, 0.1) is 19.8 Å². The van der Waals surface area contributed by atoms with Crippen LogP contribution < -0.4 is 10.1 Å². The fraction of sp³-hybridized carbons (Fsp3) is 0.647. The van der Waals surface area contributed by atoms with Crippen molar-refractivity contribution in [3.8, 4) is 5.75 Å². The van der Waals surface area contributed by atoms with Crippen LogP contribution in [0.1, 0.15) is 45.1 Å². The Morgan fingerprint density at radius 2 is 2.05 bits per heavy atom. The van der Waals surface area contributed by atoms with Crippen LogP contribution in [-0.2, 0) is 6.61 Å². The van der Waals surface area contributed by atoms with Gasteiger partial charge in [-0.2, -0.15) is 0 Å². The zero-order valence-corrected chi connectivity index (χ0v) is 13.3. The van der Waals surface area contributed by atoms with Gasteiger partial charge in [0.25, 0.3) is 0 Å². The van der Waals surface area contributed by atoms with Crippen LogP contribution in [0.25, 0.3) is 0 Å². The molecule has 1 unspecified atom stereocenters. The summed E-state index contributed by atoms with van der Waals surface area (Å²) in [5.74, 6) is 0.786. The van der Waals surface area contributed by atoms with Crippen molar-refractivity contribution in [1.82, 2.24) is 5.32 Å². The van der Waals surface area contributed by atoms with Gasteiger partial charge in [0.2, 0.25) is 0 Å². The molecule has 0 spiro atoms. The number of aliphatic hydroxyl groups excluding tert-OH is 2. The molecule has 1 rings (SSSR count). The van der Waals surface area contributed by atoms with Gasteiger partial charge in [0.1, 0.15) is 5.75 Å².